The van der Waals surface area contributed by atoms with E-state index >= 15 is 0 Å². The summed E-state index contributed by atoms with van der Waals surface area (Å²) in [7, 11) is 0. The van der Waals surface area contributed by atoms with Crippen LogP contribution in [0.3, 0.4) is 0 Å². The largest absolute Gasteiger partial charge is 0.478 e. The van der Waals surface area contributed by atoms with Crippen molar-refractivity contribution >= 4 is 29.6 Å². The molecule has 5 rings (SSSR count). The van der Waals surface area contributed by atoms with Crippen molar-refractivity contribution in [3.63, 3.8) is 0 Å². The zero-order chi connectivity index (χ0) is 29.4. The molecule has 1 fully saturated rings. The van der Waals surface area contributed by atoms with Crippen LogP contribution in [0.1, 0.15) is 73.0 Å². The van der Waals surface area contributed by atoms with E-state index in [9.17, 15) is 19.5 Å². The maximum Gasteiger partial charge on any atom is 0.407 e. The van der Waals surface area contributed by atoms with E-state index in [2.05, 4.69) is 15.5 Å². The number of alkyl carbamates (subject to hydrolysis) is 1. The first-order valence-corrected chi connectivity index (χ1v) is 14.1. The highest BCUT2D eigenvalue weighted by Crippen LogP contribution is 2.42. The quantitative estimate of drug-likeness (QED) is 0.413. The maximum atomic E-state index is 13.6. The number of carboxylic acids is 1. The number of carbonyl (C=O) groups is 3. The number of rotatable bonds is 6. The summed E-state index contributed by atoms with van der Waals surface area (Å²) in [4.78, 5) is 39.4. The van der Waals surface area contributed by atoms with Crippen LogP contribution >= 0.6 is 11.6 Å². The lowest BCUT2D eigenvalue weighted by atomic mass is 9.67. The van der Waals surface area contributed by atoms with Gasteiger partial charge >= 0.3 is 12.1 Å². The summed E-state index contributed by atoms with van der Waals surface area (Å²) in [6.45, 7) is 6.90. The number of hydrogen-bond acceptors (Lipinski definition) is 6. The standard InChI is InChI=1S/C30H34ClN5O5/c1-29(2,3)41-28(40)32-18-30(21-8-5-9-22(31)17-21)12-10-23(11-13-30)35-14-15-36-24(33-34-25(36)26(35)37)19-6-4-7-20(16-19)27(38)39/h4-9,16-17,23H,10-15,18H2,1-3H3,(H,32,40)(H,38,39). The number of ether oxygens (including phenoxy) is 1. The first kappa shape index (κ1) is 28.6. The van der Waals surface area contributed by atoms with Gasteiger partial charge in [0.2, 0.25) is 5.82 Å². The molecule has 3 aromatic rings. The molecule has 0 atom stereocenters. The molecular formula is C30H34ClN5O5. The van der Waals surface area contributed by atoms with Gasteiger partial charge in [0.05, 0.1) is 5.56 Å². The molecular weight excluding hydrogens is 546 g/mol. The van der Waals surface area contributed by atoms with E-state index in [1.807, 2.05) is 49.9 Å². The van der Waals surface area contributed by atoms with Crippen LogP contribution < -0.4 is 5.32 Å². The minimum Gasteiger partial charge on any atom is -0.478 e. The summed E-state index contributed by atoms with van der Waals surface area (Å²) >= 11 is 6.35. The molecule has 2 aromatic carbocycles. The lowest BCUT2D eigenvalue weighted by molar-refractivity contribution is 0.0469. The Balaban J connectivity index is 1.32. The number of fused-ring (bicyclic) bond motifs is 1. The number of nitrogens with zero attached hydrogens (tertiary/aromatic N) is 4. The molecule has 216 valence electrons. The Morgan fingerprint density at radius 1 is 1.07 bits per heavy atom. The van der Waals surface area contributed by atoms with Crippen LogP contribution in [0.2, 0.25) is 5.02 Å². The van der Waals surface area contributed by atoms with E-state index < -0.39 is 17.7 Å². The van der Waals surface area contributed by atoms with Crippen molar-refractivity contribution in [2.75, 3.05) is 13.1 Å². The van der Waals surface area contributed by atoms with Gasteiger partial charge in [0.25, 0.3) is 5.91 Å². The fourth-order valence-corrected chi connectivity index (χ4v) is 6.06. The Morgan fingerprint density at radius 3 is 2.46 bits per heavy atom. The van der Waals surface area contributed by atoms with E-state index in [1.54, 1.807) is 22.8 Å². The van der Waals surface area contributed by atoms with Gasteiger partial charge in [-0.3, -0.25) is 4.79 Å². The molecule has 41 heavy (non-hydrogen) atoms. The SMILES string of the molecule is CC(C)(C)OC(=O)NCC1(c2cccc(Cl)c2)CCC(N2CCn3c(nnc3-c3cccc(C(=O)O)c3)C2=O)CC1. The number of hydrogen-bond donors (Lipinski definition) is 2. The van der Waals surface area contributed by atoms with Gasteiger partial charge in [-0.05, 0) is 76.3 Å². The van der Waals surface area contributed by atoms with Gasteiger partial charge in [0.15, 0.2) is 5.82 Å². The molecule has 2 aliphatic rings. The van der Waals surface area contributed by atoms with E-state index in [0.29, 0.717) is 36.0 Å². The summed E-state index contributed by atoms with van der Waals surface area (Å²) < 4.78 is 7.24. The van der Waals surface area contributed by atoms with Gasteiger partial charge in [0.1, 0.15) is 5.60 Å². The summed E-state index contributed by atoms with van der Waals surface area (Å²) in [6, 6.07) is 14.2. The molecule has 2 heterocycles. The van der Waals surface area contributed by atoms with Crippen molar-refractivity contribution in [2.24, 2.45) is 0 Å². The molecule has 2 N–H and O–H groups in total. The Morgan fingerprint density at radius 2 is 1.78 bits per heavy atom. The average molecular weight is 580 g/mol. The minimum absolute atomic E-state index is 0.0144. The molecule has 0 radical (unpaired) electrons. The maximum absolute atomic E-state index is 13.6. The molecule has 2 amide bonds. The number of amides is 2. The summed E-state index contributed by atoms with van der Waals surface area (Å²) in [6.07, 6.45) is 2.53. The second-order valence-corrected chi connectivity index (χ2v) is 12.2. The summed E-state index contributed by atoms with van der Waals surface area (Å²) in [5.41, 5.74) is 0.859. The fraction of sp³-hybridized carbons (Fsp3) is 0.433. The number of carboxylic acid groups (broad SMARTS) is 1. The van der Waals surface area contributed by atoms with Crippen molar-refractivity contribution < 1.29 is 24.2 Å². The van der Waals surface area contributed by atoms with Crippen molar-refractivity contribution in [1.29, 1.82) is 0 Å². The highest BCUT2D eigenvalue weighted by Gasteiger charge is 2.42. The van der Waals surface area contributed by atoms with E-state index in [1.165, 1.54) is 6.07 Å². The summed E-state index contributed by atoms with van der Waals surface area (Å²) in [5.74, 6) is -0.477. The third-order valence-electron chi connectivity index (χ3n) is 7.90. The number of nitrogens with one attached hydrogen (secondary N) is 1. The summed E-state index contributed by atoms with van der Waals surface area (Å²) in [5, 5.41) is 21.4. The van der Waals surface area contributed by atoms with E-state index in [0.717, 1.165) is 31.2 Å². The number of aromatic nitrogens is 3. The van der Waals surface area contributed by atoms with Gasteiger partial charge in [-0.25, -0.2) is 9.59 Å². The topological polar surface area (TPSA) is 127 Å². The van der Waals surface area contributed by atoms with Crippen molar-refractivity contribution in [1.82, 2.24) is 25.0 Å². The van der Waals surface area contributed by atoms with Crippen molar-refractivity contribution in [2.45, 2.75) is 70.1 Å². The Labute approximate surface area is 243 Å². The molecule has 1 aromatic heterocycles. The average Bonchev–Trinajstić information content (AvgIpc) is 3.37. The first-order chi connectivity index (χ1) is 19.5. The third-order valence-corrected chi connectivity index (χ3v) is 8.13. The number of carbonyl (C=O) groups excluding carboxylic acids is 2. The third kappa shape index (κ3) is 6.07. The Hall–Kier alpha value is -3.92. The number of aromatic carboxylic acids is 1. The molecule has 0 bridgehead atoms. The zero-order valence-electron chi connectivity index (χ0n) is 23.4. The van der Waals surface area contributed by atoms with Crippen LogP contribution in [0.25, 0.3) is 11.4 Å². The van der Waals surface area contributed by atoms with Crippen LogP contribution in [0.4, 0.5) is 4.79 Å². The number of halogens is 1. The lowest BCUT2D eigenvalue weighted by Gasteiger charge is -2.45. The van der Waals surface area contributed by atoms with Crippen LogP contribution in [-0.4, -0.2) is 67.5 Å². The van der Waals surface area contributed by atoms with Crippen LogP contribution in [0.15, 0.2) is 48.5 Å². The molecule has 11 heteroatoms. The molecule has 0 saturated heterocycles. The van der Waals surface area contributed by atoms with Gasteiger partial charge in [-0.1, -0.05) is 35.9 Å². The molecule has 1 saturated carbocycles. The van der Waals surface area contributed by atoms with Crippen LogP contribution in [0, 0.1) is 0 Å². The van der Waals surface area contributed by atoms with Crippen LogP contribution in [0.5, 0.6) is 0 Å². The first-order valence-electron chi connectivity index (χ1n) is 13.8. The zero-order valence-corrected chi connectivity index (χ0v) is 24.1. The Bertz CT molecular complexity index is 1470. The predicted octanol–water partition coefficient (Wildman–Crippen LogP) is 5.16. The van der Waals surface area contributed by atoms with E-state index in [4.69, 9.17) is 16.3 Å². The second-order valence-electron chi connectivity index (χ2n) is 11.8. The highest BCUT2D eigenvalue weighted by molar-refractivity contribution is 6.30. The van der Waals surface area contributed by atoms with Gasteiger partial charge in [-0.15, -0.1) is 10.2 Å². The smallest absolute Gasteiger partial charge is 0.407 e. The van der Waals surface area contributed by atoms with Crippen LogP contribution in [-0.2, 0) is 16.7 Å². The monoisotopic (exact) mass is 579 g/mol. The molecule has 0 spiro atoms. The molecule has 1 aliphatic heterocycles. The van der Waals surface area contributed by atoms with Crippen molar-refractivity contribution in [3.8, 4) is 11.4 Å². The highest BCUT2D eigenvalue weighted by atomic mass is 35.5. The predicted molar refractivity (Wildman–Crippen MR) is 153 cm³/mol. The van der Waals surface area contributed by atoms with Gasteiger partial charge in [0, 0.05) is 41.7 Å². The van der Waals surface area contributed by atoms with Crippen molar-refractivity contribution in [3.05, 3.63) is 70.5 Å². The van der Waals surface area contributed by atoms with E-state index in [-0.39, 0.29) is 28.8 Å². The molecule has 1 aliphatic carbocycles. The number of benzene rings is 2. The lowest BCUT2D eigenvalue weighted by Crippen LogP contribution is -2.51. The molecule has 0 unspecified atom stereocenters. The minimum atomic E-state index is -1.03. The second kappa shape index (κ2) is 11.2. The molecule has 10 nitrogen and oxygen atoms in total. The van der Waals surface area contributed by atoms with Gasteiger partial charge < -0.3 is 24.6 Å². The normalized spacial score (nSPS) is 20.8. The van der Waals surface area contributed by atoms with Gasteiger partial charge in [-0.2, -0.15) is 0 Å². The fourth-order valence-electron chi connectivity index (χ4n) is 5.87. The Kier molecular flexibility index (Phi) is 7.78.